The summed E-state index contributed by atoms with van der Waals surface area (Å²) in [6, 6.07) is 0. The minimum atomic E-state index is 0.189. The van der Waals surface area contributed by atoms with E-state index in [-0.39, 0.29) is 5.54 Å². The predicted octanol–water partition coefficient (Wildman–Crippen LogP) is 0.520. The van der Waals surface area contributed by atoms with Crippen molar-refractivity contribution in [2.75, 3.05) is 46.4 Å². The molecule has 2 N–H and O–H groups in total. The molecule has 0 aromatic carbocycles. The van der Waals surface area contributed by atoms with Crippen LogP contribution in [0.25, 0.3) is 0 Å². The van der Waals surface area contributed by atoms with Gasteiger partial charge >= 0.3 is 0 Å². The fourth-order valence-corrected chi connectivity index (χ4v) is 3.32. The number of hydrogen-bond donors (Lipinski definition) is 1. The summed E-state index contributed by atoms with van der Waals surface area (Å²) < 4.78 is 5.74. The molecule has 0 aromatic heterocycles. The zero-order valence-electron chi connectivity index (χ0n) is 11.3. The summed E-state index contributed by atoms with van der Waals surface area (Å²) in [6.45, 7) is 8.32. The summed E-state index contributed by atoms with van der Waals surface area (Å²) in [5, 5.41) is 0. The smallest absolute Gasteiger partial charge is 0.0674 e. The van der Waals surface area contributed by atoms with Crippen molar-refractivity contribution < 1.29 is 4.74 Å². The molecule has 0 spiro atoms. The Hall–Kier alpha value is -0.160. The van der Waals surface area contributed by atoms with E-state index in [2.05, 4.69) is 23.8 Å². The van der Waals surface area contributed by atoms with Gasteiger partial charge in [0.1, 0.15) is 0 Å². The van der Waals surface area contributed by atoms with Crippen LogP contribution in [-0.2, 0) is 4.74 Å². The Bertz CT molecular complexity index is 249. The Morgan fingerprint density at radius 1 is 1.35 bits per heavy atom. The lowest BCUT2D eigenvalue weighted by atomic mass is 9.87. The van der Waals surface area contributed by atoms with Crippen molar-refractivity contribution in [2.45, 2.75) is 37.8 Å². The van der Waals surface area contributed by atoms with Gasteiger partial charge in [-0.15, -0.1) is 0 Å². The summed E-state index contributed by atoms with van der Waals surface area (Å²) in [6.07, 6.45) is 3.98. The second-order valence-corrected chi connectivity index (χ2v) is 5.75. The maximum absolute atomic E-state index is 6.12. The third-order valence-corrected chi connectivity index (χ3v) is 4.25. The number of likely N-dealkylation sites (tertiary alicyclic amines) is 1. The molecule has 4 nitrogen and oxygen atoms in total. The van der Waals surface area contributed by atoms with Gasteiger partial charge in [0, 0.05) is 38.3 Å². The SMILES string of the molecule is CC1CN(C2(CN)CCCN(C)C2)CCCO1. The van der Waals surface area contributed by atoms with Crippen LogP contribution in [0.2, 0.25) is 0 Å². The molecule has 4 heteroatoms. The second kappa shape index (κ2) is 5.65. The quantitative estimate of drug-likeness (QED) is 0.765. The Morgan fingerprint density at radius 2 is 2.18 bits per heavy atom. The highest BCUT2D eigenvalue weighted by atomic mass is 16.5. The van der Waals surface area contributed by atoms with Crippen LogP contribution in [0.1, 0.15) is 26.2 Å². The van der Waals surface area contributed by atoms with Gasteiger partial charge in [-0.1, -0.05) is 0 Å². The molecule has 2 fully saturated rings. The van der Waals surface area contributed by atoms with Crippen molar-refractivity contribution >= 4 is 0 Å². The standard InChI is InChI=1S/C13H27N3O/c1-12-9-16(7-4-8-17-12)13(10-14)5-3-6-15(2)11-13/h12H,3-11,14H2,1-2H3. The Kier molecular flexibility index (Phi) is 4.42. The first-order valence-electron chi connectivity index (χ1n) is 6.91. The van der Waals surface area contributed by atoms with E-state index >= 15 is 0 Å². The van der Waals surface area contributed by atoms with Crippen LogP contribution in [0.15, 0.2) is 0 Å². The molecule has 2 aliphatic rings. The molecule has 0 amide bonds. The average Bonchev–Trinajstić information content (AvgIpc) is 2.54. The molecule has 2 aliphatic heterocycles. The highest BCUT2D eigenvalue weighted by Crippen LogP contribution is 2.28. The predicted molar refractivity (Wildman–Crippen MR) is 70.1 cm³/mol. The fourth-order valence-electron chi connectivity index (χ4n) is 3.32. The lowest BCUT2D eigenvalue weighted by molar-refractivity contribution is 0.00393. The van der Waals surface area contributed by atoms with E-state index in [1.54, 1.807) is 0 Å². The number of piperidine rings is 1. The van der Waals surface area contributed by atoms with Gasteiger partial charge in [0.15, 0.2) is 0 Å². The molecule has 2 atom stereocenters. The maximum Gasteiger partial charge on any atom is 0.0674 e. The maximum atomic E-state index is 6.12. The van der Waals surface area contributed by atoms with Crippen molar-refractivity contribution in [1.29, 1.82) is 0 Å². The zero-order chi connectivity index (χ0) is 12.3. The first-order valence-corrected chi connectivity index (χ1v) is 6.91. The molecule has 0 aliphatic carbocycles. The average molecular weight is 241 g/mol. The van der Waals surface area contributed by atoms with Crippen molar-refractivity contribution in [1.82, 2.24) is 9.80 Å². The van der Waals surface area contributed by atoms with Gasteiger partial charge in [-0.25, -0.2) is 0 Å². The molecule has 0 aromatic rings. The van der Waals surface area contributed by atoms with Crippen molar-refractivity contribution in [3.05, 3.63) is 0 Å². The Labute approximate surface area is 105 Å². The van der Waals surface area contributed by atoms with Crippen molar-refractivity contribution in [3.8, 4) is 0 Å². The first kappa shape index (κ1) is 13.3. The molecule has 100 valence electrons. The van der Waals surface area contributed by atoms with Crippen LogP contribution >= 0.6 is 0 Å². The minimum absolute atomic E-state index is 0.189. The third-order valence-electron chi connectivity index (χ3n) is 4.25. The van der Waals surface area contributed by atoms with Gasteiger partial charge in [-0.3, -0.25) is 4.90 Å². The van der Waals surface area contributed by atoms with Gasteiger partial charge < -0.3 is 15.4 Å². The van der Waals surface area contributed by atoms with E-state index in [0.717, 1.165) is 39.2 Å². The molecule has 2 unspecified atom stereocenters. The van der Waals surface area contributed by atoms with Gasteiger partial charge in [0.05, 0.1) is 6.10 Å². The molecular formula is C13H27N3O. The number of nitrogens with zero attached hydrogens (tertiary/aromatic N) is 2. The Balaban J connectivity index is 2.09. The third kappa shape index (κ3) is 2.99. The van der Waals surface area contributed by atoms with Crippen LogP contribution in [0.4, 0.5) is 0 Å². The highest BCUT2D eigenvalue weighted by Gasteiger charge is 2.39. The van der Waals surface area contributed by atoms with E-state index < -0.39 is 0 Å². The molecule has 0 saturated carbocycles. The highest BCUT2D eigenvalue weighted by molar-refractivity contribution is 4.97. The zero-order valence-corrected chi connectivity index (χ0v) is 11.3. The fraction of sp³-hybridized carbons (Fsp3) is 1.00. The summed E-state index contributed by atoms with van der Waals surface area (Å²) in [5.74, 6) is 0. The van der Waals surface area contributed by atoms with Crippen molar-refractivity contribution in [3.63, 3.8) is 0 Å². The summed E-state index contributed by atoms with van der Waals surface area (Å²) in [4.78, 5) is 5.02. The van der Waals surface area contributed by atoms with E-state index in [1.165, 1.54) is 19.4 Å². The number of nitrogens with two attached hydrogens (primary N) is 1. The van der Waals surface area contributed by atoms with Gasteiger partial charge in [-0.2, -0.15) is 0 Å². The molecule has 2 heterocycles. The largest absolute Gasteiger partial charge is 0.377 e. The molecule has 17 heavy (non-hydrogen) atoms. The van der Waals surface area contributed by atoms with Crippen LogP contribution in [0.3, 0.4) is 0 Å². The molecule has 2 rings (SSSR count). The number of ether oxygens (including phenoxy) is 1. The van der Waals surface area contributed by atoms with E-state index in [9.17, 15) is 0 Å². The minimum Gasteiger partial charge on any atom is -0.377 e. The summed E-state index contributed by atoms with van der Waals surface area (Å²) in [5.41, 5.74) is 6.31. The van der Waals surface area contributed by atoms with Crippen LogP contribution in [0, 0.1) is 0 Å². The monoisotopic (exact) mass is 241 g/mol. The van der Waals surface area contributed by atoms with E-state index in [1.807, 2.05) is 0 Å². The van der Waals surface area contributed by atoms with Crippen LogP contribution in [0.5, 0.6) is 0 Å². The van der Waals surface area contributed by atoms with Crippen LogP contribution < -0.4 is 5.73 Å². The molecule has 0 radical (unpaired) electrons. The lowest BCUT2D eigenvalue weighted by Gasteiger charge is -2.48. The van der Waals surface area contributed by atoms with Gasteiger partial charge in [-0.05, 0) is 39.8 Å². The first-order chi connectivity index (χ1) is 8.16. The summed E-state index contributed by atoms with van der Waals surface area (Å²) in [7, 11) is 2.21. The van der Waals surface area contributed by atoms with Crippen molar-refractivity contribution in [2.24, 2.45) is 5.73 Å². The second-order valence-electron chi connectivity index (χ2n) is 5.75. The molecular weight excluding hydrogens is 214 g/mol. The normalized spacial score (nSPS) is 37.9. The summed E-state index contributed by atoms with van der Waals surface area (Å²) >= 11 is 0. The van der Waals surface area contributed by atoms with Gasteiger partial charge in [0.25, 0.3) is 0 Å². The van der Waals surface area contributed by atoms with Crippen LogP contribution in [-0.4, -0.2) is 67.8 Å². The topological polar surface area (TPSA) is 41.7 Å². The lowest BCUT2D eigenvalue weighted by Crippen LogP contribution is -2.62. The Morgan fingerprint density at radius 3 is 2.88 bits per heavy atom. The number of likely N-dealkylation sites (N-methyl/N-ethyl adjacent to an activating group) is 1. The number of hydrogen-bond acceptors (Lipinski definition) is 4. The van der Waals surface area contributed by atoms with E-state index in [0.29, 0.717) is 6.10 Å². The van der Waals surface area contributed by atoms with Gasteiger partial charge in [0.2, 0.25) is 0 Å². The number of rotatable bonds is 2. The van der Waals surface area contributed by atoms with E-state index in [4.69, 9.17) is 10.5 Å². The molecule has 0 bridgehead atoms. The molecule has 2 saturated heterocycles.